The maximum absolute atomic E-state index is 12.7. The molecule has 2 fully saturated rings. The third-order valence-corrected chi connectivity index (χ3v) is 6.57. The fraction of sp³-hybridized carbons (Fsp3) is 0.529. The molecule has 8 nitrogen and oxygen atoms in total. The van der Waals surface area contributed by atoms with E-state index in [4.69, 9.17) is 4.74 Å². The Kier molecular flexibility index (Phi) is 5.59. The van der Waals surface area contributed by atoms with Crippen LogP contribution in [-0.4, -0.2) is 86.8 Å². The summed E-state index contributed by atoms with van der Waals surface area (Å²) in [4.78, 5) is 26.8. The van der Waals surface area contributed by atoms with Crippen molar-refractivity contribution in [3.63, 3.8) is 0 Å². The highest BCUT2D eigenvalue weighted by Gasteiger charge is 2.29. The first-order valence-electron chi connectivity index (χ1n) is 8.62. The highest BCUT2D eigenvalue weighted by molar-refractivity contribution is 7.89. The first-order valence-corrected chi connectivity index (χ1v) is 10.1. The van der Waals surface area contributed by atoms with Crippen molar-refractivity contribution in [3.8, 4) is 0 Å². The van der Waals surface area contributed by atoms with Crippen molar-refractivity contribution in [1.29, 1.82) is 0 Å². The lowest BCUT2D eigenvalue weighted by molar-refractivity contribution is -0.119. The highest BCUT2D eigenvalue weighted by atomic mass is 32.2. The molecule has 0 saturated carbocycles. The van der Waals surface area contributed by atoms with Gasteiger partial charge in [-0.25, -0.2) is 8.42 Å². The van der Waals surface area contributed by atoms with E-state index >= 15 is 0 Å². The predicted octanol–water partition coefficient (Wildman–Crippen LogP) is 0.0102. The van der Waals surface area contributed by atoms with Gasteiger partial charge in [0.25, 0.3) is 5.91 Å². The minimum atomic E-state index is -3.59. The van der Waals surface area contributed by atoms with Gasteiger partial charge in [0, 0.05) is 44.8 Å². The molecule has 9 heteroatoms. The van der Waals surface area contributed by atoms with E-state index in [1.165, 1.54) is 16.4 Å². The Bertz CT molecular complexity index is 757. The van der Waals surface area contributed by atoms with Gasteiger partial charge < -0.3 is 14.5 Å². The van der Waals surface area contributed by atoms with Gasteiger partial charge >= 0.3 is 0 Å². The lowest BCUT2D eigenvalue weighted by atomic mass is 10.2. The van der Waals surface area contributed by atoms with E-state index in [0.29, 0.717) is 51.4 Å². The van der Waals surface area contributed by atoms with E-state index in [1.807, 2.05) is 6.92 Å². The van der Waals surface area contributed by atoms with Gasteiger partial charge in [-0.2, -0.15) is 4.31 Å². The summed E-state index contributed by atoms with van der Waals surface area (Å²) in [6, 6.07) is 6.05. The summed E-state index contributed by atoms with van der Waals surface area (Å²) < 4.78 is 32.2. The fourth-order valence-corrected chi connectivity index (χ4v) is 4.64. The van der Waals surface area contributed by atoms with Crippen LogP contribution in [0.4, 0.5) is 0 Å². The van der Waals surface area contributed by atoms with Crippen LogP contribution in [0.2, 0.25) is 0 Å². The Balaban J connectivity index is 1.70. The number of carbonyl (C=O) groups excluding carboxylic acids is 2. The van der Waals surface area contributed by atoms with Crippen LogP contribution < -0.4 is 0 Å². The molecule has 0 N–H and O–H groups in total. The summed E-state index contributed by atoms with van der Waals surface area (Å²) >= 11 is 0. The summed E-state index contributed by atoms with van der Waals surface area (Å²) in [6.07, 6.45) is 0.651. The van der Waals surface area contributed by atoms with Crippen LogP contribution in [0.5, 0.6) is 0 Å². The zero-order chi connectivity index (χ0) is 18.7. The van der Waals surface area contributed by atoms with Crippen molar-refractivity contribution in [2.24, 2.45) is 0 Å². The normalized spacial score (nSPS) is 22.3. The monoisotopic (exact) mass is 381 g/mol. The number of piperazine rings is 1. The molecular weight excluding hydrogens is 358 g/mol. The number of morpholine rings is 1. The van der Waals surface area contributed by atoms with Crippen LogP contribution in [0.25, 0.3) is 0 Å². The molecule has 0 spiro atoms. The molecule has 1 aromatic carbocycles. The van der Waals surface area contributed by atoms with Gasteiger partial charge in [-0.3, -0.25) is 9.59 Å². The van der Waals surface area contributed by atoms with Crippen LogP contribution in [0.1, 0.15) is 17.3 Å². The number of hydrogen-bond acceptors (Lipinski definition) is 5. The summed E-state index contributed by atoms with van der Waals surface area (Å²) in [5, 5.41) is 0. The van der Waals surface area contributed by atoms with Crippen molar-refractivity contribution in [1.82, 2.24) is 14.1 Å². The van der Waals surface area contributed by atoms with Gasteiger partial charge in [0.2, 0.25) is 16.4 Å². The van der Waals surface area contributed by atoms with Crippen LogP contribution in [0, 0.1) is 0 Å². The summed E-state index contributed by atoms with van der Waals surface area (Å²) in [5.74, 6) is -0.153. The van der Waals surface area contributed by atoms with Crippen molar-refractivity contribution in [2.45, 2.75) is 17.9 Å². The van der Waals surface area contributed by atoms with Crippen molar-refractivity contribution >= 4 is 22.3 Å². The molecular formula is C17H23N3O5S. The minimum absolute atomic E-state index is 0.135. The van der Waals surface area contributed by atoms with Crippen LogP contribution >= 0.6 is 0 Å². The molecule has 0 aromatic heterocycles. The van der Waals surface area contributed by atoms with Gasteiger partial charge in [-0.1, -0.05) is 0 Å². The standard InChI is InChI=1S/C17H23N3O5S/c1-14-12-20(10-11-25-14)26(23,24)16-4-2-15(3-5-16)17(22)19-8-6-18(13-21)7-9-19/h2-5,13-14H,6-12H2,1H3. The van der Waals surface area contributed by atoms with E-state index in [-0.39, 0.29) is 16.9 Å². The molecule has 0 aliphatic carbocycles. The Morgan fingerprint density at radius 3 is 2.35 bits per heavy atom. The number of hydrogen-bond donors (Lipinski definition) is 0. The molecule has 0 bridgehead atoms. The maximum Gasteiger partial charge on any atom is 0.253 e. The SMILES string of the molecule is CC1CN(S(=O)(=O)c2ccc(C(=O)N3CCN(C=O)CC3)cc2)CCO1. The zero-order valence-corrected chi connectivity index (χ0v) is 15.5. The number of carbonyl (C=O) groups is 2. The van der Waals surface area contributed by atoms with Crippen molar-refractivity contribution < 1.29 is 22.7 Å². The Morgan fingerprint density at radius 2 is 1.77 bits per heavy atom. The number of nitrogens with zero attached hydrogens (tertiary/aromatic N) is 3. The highest BCUT2D eigenvalue weighted by Crippen LogP contribution is 2.20. The Morgan fingerprint density at radius 1 is 1.12 bits per heavy atom. The molecule has 2 aliphatic rings. The van der Waals surface area contributed by atoms with Gasteiger partial charge in [-0.15, -0.1) is 0 Å². The quantitative estimate of drug-likeness (QED) is 0.686. The van der Waals surface area contributed by atoms with Crippen LogP contribution in [0.3, 0.4) is 0 Å². The zero-order valence-electron chi connectivity index (χ0n) is 14.7. The van der Waals surface area contributed by atoms with Gasteiger partial charge in [0.1, 0.15) is 0 Å². The first-order chi connectivity index (χ1) is 12.4. The molecule has 1 aromatic rings. The average molecular weight is 381 g/mol. The third-order valence-electron chi connectivity index (χ3n) is 4.69. The Hall–Kier alpha value is -1.97. The first kappa shape index (κ1) is 18.8. The molecule has 1 atom stereocenters. The number of ether oxygens (including phenoxy) is 1. The molecule has 0 radical (unpaired) electrons. The number of benzene rings is 1. The van der Waals surface area contributed by atoms with Crippen LogP contribution in [-0.2, 0) is 19.6 Å². The molecule has 3 rings (SSSR count). The van der Waals surface area contributed by atoms with Gasteiger partial charge in [0.15, 0.2) is 0 Å². The number of sulfonamides is 1. The van der Waals surface area contributed by atoms with Crippen LogP contribution in [0.15, 0.2) is 29.2 Å². The third kappa shape index (κ3) is 3.89. The topological polar surface area (TPSA) is 87.2 Å². The lowest BCUT2D eigenvalue weighted by Crippen LogP contribution is -2.48. The molecule has 26 heavy (non-hydrogen) atoms. The van der Waals surface area contributed by atoms with Gasteiger partial charge in [-0.05, 0) is 31.2 Å². The van der Waals surface area contributed by atoms with Gasteiger partial charge in [0.05, 0.1) is 17.6 Å². The second-order valence-electron chi connectivity index (χ2n) is 6.50. The Labute approximate surface area is 153 Å². The van der Waals surface area contributed by atoms with E-state index in [2.05, 4.69) is 0 Å². The lowest BCUT2D eigenvalue weighted by Gasteiger charge is -2.32. The second-order valence-corrected chi connectivity index (χ2v) is 8.44. The maximum atomic E-state index is 12.7. The molecule has 2 heterocycles. The van der Waals surface area contributed by atoms with E-state index < -0.39 is 10.0 Å². The average Bonchev–Trinajstić information content (AvgIpc) is 2.67. The second kappa shape index (κ2) is 7.73. The number of rotatable bonds is 4. The summed E-state index contributed by atoms with van der Waals surface area (Å²) in [6.45, 7) is 4.84. The number of amides is 2. The molecule has 2 amide bonds. The fourth-order valence-electron chi connectivity index (χ4n) is 3.14. The smallest absolute Gasteiger partial charge is 0.253 e. The molecule has 142 valence electrons. The minimum Gasteiger partial charge on any atom is -0.376 e. The van der Waals surface area contributed by atoms with Crippen molar-refractivity contribution in [3.05, 3.63) is 29.8 Å². The van der Waals surface area contributed by atoms with Crippen molar-refractivity contribution in [2.75, 3.05) is 45.9 Å². The van der Waals surface area contributed by atoms with E-state index in [9.17, 15) is 18.0 Å². The molecule has 2 saturated heterocycles. The molecule has 2 aliphatic heterocycles. The summed E-state index contributed by atoms with van der Waals surface area (Å²) in [5.41, 5.74) is 0.443. The van der Waals surface area contributed by atoms with E-state index in [0.717, 1.165) is 6.41 Å². The largest absolute Gasteiger partial charge is 0.376 e. The summed E-state index contributed by atoms with van der Waals surface area (Å²) in [7, 11) is -3.59. The molecule has 1 unspecified atom stereocenters. The predicted molar refractivity (Wildman–Crippen MR) is 94.2 cm³/mol. The van der Waals surface area contributed by atoms with E-state index in [1.54, 1.807) is 21.9 Å².